The lowest BCUT2D eigenvalue weighted by Crippen LogP contribution is -2.47. The van der Waals surface area contributed by atoms with Crippen LogP contribution in [0.5, 0.6) is 11.5 Å². The topological polar surface area (TPSA) is 46.1 Å². The molecule has 0 atom stereocenters. The molecule has 2 fully saturated rings. The molecule has 5 nitrogen and oxygen atoms in total. The van der Waals surface area contributed by atoms with Crippen LogP contribution < -0.4 is 14.8 Å². The summed E-state index contributed by atoms with van der Waals surface area (Å²) in [5.41, 5.74) is 1.75. The number of rotatable bonds is 5. The van der Waals surface area contributed by atoms with Crippen molar-refractivity contribution in [1.82, 2.24) is 10.2 Å². The maximum Gasteiger partial charge on any atom is 0.231 e. The van der Waals surface area contributed by atoms with Gasteiger partial charge in [-0.25, -0.2) is 0 Å². The smallest absolute Gasteiger partial charge is 0.231 e. The van der Waals surface area contributed by atoms with Crippen molar-refractivity contribution in [1.29, 1.82) is 0 Å². The van der Waals surface area contributed by atoms with Crippen molar-refractivity contribution in [2.45, 2.75) is 38.6 Å². The Hall–Kier alpha value is -1.91. The number of hydrogen-bond donors (Lipinski definition) is 1. The molecule has 1 aliphatic heterocycles. The monoisotopic (exact) mass is 329 g/mol. The largest absolute Gasteiger partial charge is 0.454 e. The Bertz CT molecular complexity index is 635. The number of benzene rings is 1. The van der Waals surface area contributed by atoms with E-state index >= 15 is 0 Å². The van der Waals surface area contributed by atoms with E-state index in [-0.39, 0.29) is 0 Å². The van der Waals surface area contributed by atoms with Crippen LogP contribution in [-0.4, -0.2) is 38.3 Å². The van der Waals surface area contributed by atoms with Gasteiger partial charge in [0.05, 0.1) is 0 Å². The summed E-state index contributed by atoms with van der Waals surface area (Å²) in [5.74, 6) is 3.60. The molecule has 0 bridgehead atoms. The zero-order chi connectivity index (χ0) is 16.6. The maximum atomic E-state index is 5.47. The number of fused-ring (bicyclic) bond motifs is 1. The number of aliphatic imine (C=N–C) groups is 1. The Labute approximate surface area is 144 Å². The van der Waals surface area contributed by atoms with E-state index in [4.69, 9.17) is 9.47 Å². The van der Waals surface area contributed by atoms with E-state index in [2.05, 4.69) is 34.4 Å². The molecule has 3 aliphatic rings. The van der Waals surface area contributed by atoms with E-state index < -0.39 is 0 Å². The average molecular weight is 329 g/mol. The summed E-state index contributed by atoms with van der Waals surface area (Å²) in [7, 11) is 3.95. The Kier molecular flexibility index (Phi) is 4.02. The molecule has 2 saturated carbocycles. The highest BCUT2D eigenvalue weighted by atomic mass is 16.7. The van der Waals surface area contributed by atoms with E-state index in [9.17, 15) is 0 Å². The van der Waals surface area contributed by atoms with Gasteiger partial charge < -0.3 is 19.7 Å². The van der Waals surface area contributed by atoms with Gasteiger partial charge in [-0.1, -0.05) is 12.5 Å². The van der Waals surface area contributed by atoms with Crippen molar-refractivity contribution in [3.63, 3.8) is 0 Å². The lowest BCUT2D eigenvalue weighted by atomic mass is 9.65. The molecule has 24 heavy (non-hydrogen) atoms. The fourth-order valence-electron chi connectivity index (χ4n) is 4.08. The highest BCUT2D eigenvalue weighted by molar-refractivity contribution is 5.79. The molecular formula is C19H27N3O2. The van der Waals surface area contributed by atoms with Crippen LogP contribution in [0, 0.1) is 11.3 Å². The average Bonchev–Trinajstić information content (AvgIpc) is 3.27. The van der Waals surface area contributed by atoms with E-state index in [0.717, 1.165) is 36.5 Å². The highest BCUT2D eigenvalue weighted by Crippen LogP contribution is 2.56. The zero-order valence-corrected chi connectivity index (χ0v) is 14.7. The molecule has 0 spiro atoms. The molecule has 0 saturated heterocycles. The molecular weight excluding hydrogens is 302 g/mol. The van der Waals surface area contributed by atoms with E-state index in [1.807, 2.05) is 13.1 Å². The minimum atomic E-state index is 0.321. The lowest BCUT2D eigenvalue weighted by molar-refractivity contribution is 0.105. The fourth-order valence-corrected chi connectivity index (χ4v) is 4.08. The van der Waals surface area contributed by atoms with Crippen LogP contribution in [0.1, 0.15) is 37.7 Å². The third-order valence-corrected chi connectivity index (χ3v) is 5.82. The van der Waals surface area contributed by atoms with Crippen molar-refractivity contribution in [3.8, 4) is 11.5 Å². The summed E-state index contributed by atoms with van der Waals surface area (Å²) in [5, 5.41) is 3.63. The first-order valence-corrected chi connectivity index (χ1v) is 9.00. The predicted molar refractivity (Wildman–Crippen MR) is 94.4 cm³/mol. The number of guanidine groups is 1. The lowest BCUT2D eigenvalue weighted by Gasteiger charge is -2.43. The van der Waals surface area contributed by atoms with Crippen molar-refractivity contribution < 1.29 is 9.47 Å². The second-order valence-corrected chi connectivity index (χ2v) is 7.43. The number of nitrogens with one attached hydrogen (secondary N) is 1. The normalized spacial score (nSPS) is 21.3. The van der Waals surface area contributed by atoms with Crippen LogP contribution in [-0.2, 0) is 6.54 Å². The Morgan fingerprint density at radius 1 is 1.29 bits per heavy atom. The first kappa shape index (κ1) is 15.6. The Morgan fingerprint density at radius 3 is 2.75 bits per heavy atom. The van der Waals surface area contributed by atoms with Crippen LogP contribution >= 0.6 is 0 Å². The van der Waals surface area contributed by atoms with Gasteiger partial charge >= 0.3 is 0 Å². The molecule has 130 valence electrons. The van der Waals surface area contributed by atoms with Gasteiger partial charge in [-0.3, -0.25) is 4.99 Å². The van der Waals surface area contributed by atoms with Gasteiger partial charge in [-0.05, 0) is 54.7 Å². The van der Waals surface area contributed by atoms with Crippen LogP contribution in [0.3, 0.4) is 0 Å². The van der Waals surface area contributed by atoms with Gasteiger partial charge in [0, 0.05) is 27.2 Å². The second-order valence-electron chi connectivity index (χ2n) is 7.43. The standard InChI is InChI=1S/C19H27N3O2/c1-20-18(21-12-19(8-3-9-19)15-5-6-15)22(2)11-14-4-7-16-17(10-14)24-13-23-16/h4,7,10,15H,3,5-6,8-9,11-13H2,1-2H3,(H,20,21). The minimum absolute atomic E-state index is 0.321. The Morgan fingerprint density at radius 2 is 2.08 bits per heavy atom. The van der Waals surface area contributed by atoms with Crippen LogP contribution in [0.2, 0.25) is 0 Å². The molecule has 0 unspecified atom stereocenters. The first-order valence-electron chi connectivity index (χ1n) is 9.00. The molecule has 1 heterocycles. The number of ether oxygens (including phenoxy) is 2. The maximum absolute atomic E-state index is 5.47. The van der Waals surface area contributed by atoms with Crippen LogP contribution in [0.15, 0.2) is 23.2 Å². The molecule has 0 amide bonds. The van der Waals surface area contributed by atoms with E-state index in [0.29, 0.717) is 12.2 Å². The van der Waals surface area contributed by atoms with Crippen LogP contribution in [0.25, 0.3) is 0 Å². The summed E-state index contributed by atoms with van der Waals surface area (Å²) in [6.07, 6.45) is 7.01. The molecule has 1 N–H and O–H groups in total. The van der Waals surface area contributed by atoms with Gasteiger partial charge in [0.25, 0.3) is 0 Å². The molecule has 5 heteroatoms. The van der Waals surface area contributed by atoms with Crippen molar-refractivity contribution >= 4 is 5.96 Å². The van der Waals surface area contributed by atoms with E-state index in [1.165, 1.54) is 37.7 Å². The summed E-state index contributed by atoms with van der Waals surface area (Å²) in [6, 6.07) is 6.14. The van der Waals surface area contributed by atoms with Crippen molar-refractivity contribution in [2.24, 2.45) is 16.3 Å². The number of nitrogens with zero attached hydrogens (tertiary/aromatic N) is 2. The Balaban J connectivity index is 1.36. The van der Waals surface area contributed by atoms with Gasteiger partial charge in [0.1, 0.15) is 0 Å². The molecule has 1 aromatic carbocycles. The summed E-state index contributed by atoms with van der Waals surface area (Å²) >= 11 is 0. The molecule has 2 aliphatic carbocycles. The fraction of sp³-hybridized carbons (Fsp3) is 0.632. The highest BCUT2D eigenvalue weighted by Gasteiger charge is 2.48. The van der Waals surface area contributed by atoms with Gasteiger partial charge in [-0.2, -0.15) is 0 Å². The van der Waals surface area contributed by atoms with Gasteiger partial charge in [0.2, 0.25) is 6.79 Å². The number of hydrogen-bond acceptors (Lipinski definition) is 3. The third-order valence-electron chi connectivity index (χ3n) is 5.82. The van der Waals surface area contributed by atoms with Crippen molar-refractivity contribution in [2.75, 3.05) is 27.4 Å². The summed E-state index contributed by atoms with van der Waals surface area (Å²) in [4.78, 5) is 6.65. The second kappa shape index (κ2) is 6.19. The first-order chi connectivity index (χ1) is 11.7. The quantitative estimate of drug-likeness (QED) is 0.666. The van der Waals surface area contributed by atoms with Gasteiger partial charge in [-0.15, -0.1) is 0 Å². The minimum Gasteiger partial charge on any atom is -0.454 e. The van der Waals surface area contributed by atoms with Gasteiger partial charge in [0.15, 0.2) is 17.5 Å². The van der Waals surface area contributed by atoms with E-state index in [1.54, 1.807) is 0 Å². The SMILES string of the molecule is CN=C(NCC1(C2CC2)CCC1)N(C)Cc1ccc2c(c1)OCO2. The molecule has 4 rings (SSSR count). The summed E-state index contributed by atoms with van der Waals surface area (Å²) < 4.78 is 10.8. The van der Waals surface area contributed by atoms with Crippen LogP contribution in [0.4, 0.5) is 0 Å². The predicted octanol–water partition coefficient (Wildman–Crippen LogP) is 3.00. The van der Waals surface area contributed by atoms with Crippen molar-refractivity contribution in [3.05, 3.63) is 23.8 Å². The summed E-state index contributed by atoms with van der Waals surface area (Å²) in [6.45, 7) is 2.18. The molecule has 0 radical (unpaired) electrons. The third kappa shape index (κ3) is 2.92. The molecule has 1 aromatic rings. The zero-order valence-electron chi connectivity index (χ0n) is 14.7. The molecule has 0 aromatic heterocycles.